The van der Waals surface area contributed by atoms with Gasteiger partial charge in [0.1, 0.15) is 17.9 Å². The van der Waals surface area contributed by atoms with Crippen molar-refractivity contribution in [1.82, 2.24) is 19.1 Å². The van der Waals surface area contributed by atoms with Crippen molar-refractivity contribution in [1.29, 1.82) is 0 Å². The molecule has 0 spiro atoms. The number of halogens is 2. The average Bonchev–Trinajstić information content (AvgIpc) is 3.05. The Morgan fingerprint density at radius 1 is 1.09 bits per heavy atom. The van der Waals surface area contributed by atoms with Gasteiger partial charge in [-0.3, -0.25) is 14.2 Å². The van der Waals surface area contributed by atoms with Gasteiger partial charge in [0, 0.05) is 10.6 Å². The number of aromatic nitrogens is 4. The number of fused-ring (bicyclic) bond motifs is 1. The molecule has 1 amide bonds. The second kappa shape index (κ2) is 8.83. The number of hydrogen-bond acceptors (Lipinski definition) is 6. The van der Waals surface area contributed by atoms with Gasteiger partial charge in [-0.25, -0.2) is 23.7 Å². The molecule has 4 rings (SSSR count). The molecule has 11 heteroatoms. The van der Waals surface area contributed by atoms with Crippen LogP contribution in [0.5, 0.6) is 0 Å². The highest BCUT2D eigenvalue weighted by molar-refractivity contribution is 6.30. The summed E-state index contributed by atoms with van der Waals surface area (Å²) < 4.78 is 20.6. The molecule has 0 aliphatic heterocycles. The lowest BCUT2D eigenvalue weighted by atomic mass is 10.2. The number of imidazole rings is 1. The minimum atomic E-state index is -0.925. The SMILES string of the molecule is CCOC(=O)Cn1c(=O)n(-c2ccc(F)cc2)c2nc(-c3ccc(Cl)cc3)nc(C(N)=O)c21. The number of rotatable bonds is 6. The zero-order valence-electron chi connectivity index (χ0n) is 17.3. The van der Waals surface area contributed by atoms with Crippen molar-refractivity contribution in [3.05, 3.63) is 75.5 Å². The molecule has 0 unspecified atom stereocenters. The van der Waals surface area contributed by atoms with E-state index in [4.69, 9.17) is 22.1 Å². The van der Waals surface area contributed by atoms with E-state index in [-0.39, 0.29) is 35.0 Å². The largest absolute Gasteiger partial charge is 0.465 e. The summed E-state index contributed by atoms with van der Waals surface area (Å²) in [6, 6.07) is 11.6. The number of nitrogens with two attached hydrogens (primary N) is 1. The molecule has 0 aliphatic rings. The first-order valence-corrected chi connectivity index (χ1v) is 10.2. The Hall–Kier alpha value is -4.05. The first-order valence-electron chi connectivity index (χ1n) is 9.80. The second-order valence-electron chi connectivity index (χ2n) is 6.92. The molecular weight excluding hydrogens is 453 g/mol. The molecular formula is C22H17ClFN5O4. The monoisotopic (exact) mass is 469 g/mol. The molecule has 33 heavy (non-hydrogen) atoms. The average molecular weight is 470 g/mol. The van der Waals surface area contributed by atoms with Crippen molar-refractivity contribution in [2.75, 3.05) is 6.61 Å². The molecule has 168 valence electrons. The van der Waals surface area contributed by atoms with Crippen molar-refractivity contribution >= 4 is 34.6 Å². The normalized spacial score (nSPS) is 11.0. The number of ether oxygens (including phenoxy) is 1. The minimum Gasteiger partial charge on any atom is -0.465 e. The zero-order chi connectivity index (χ0) is 23.7. The number of nitrogens with zero attached hydrogens (tertiary/aromatic N) is 4. The number of carbonyl (C=O) groups is 2. The van der Waals surface area contributed by atoms with Gasteiger partial charge in [-0.1, -0.05) is 11.6 Å². The molecule has 2 heterocycles. The van der Waals surface area contributed by atoms with E-state index in [1.165, 1.54) is 24.3 Å². The predicted molar refractivity (Wildman–Crippen MR) is 119 cm³/mol. The van der Waals surface area contributed by atoms with Crippen LogP contribution < -0.4 is 11.4 Å². The summed E-state index contributed by atoms with van der Waals surface area (Å²) in [4.78, 5) is 46.6. The standard InChI is InChI=1S/C22H17ClFN5O4/c1-2-33-16(30)11-28-18-17(19(25)31)26-20(12-3-5-13(23)6-4-12)27-21(18)29(22(28)32)15-9-7-14(24)8-10-15/h3-10H,2,11H2,1H3,(H2,25,31). The topological polar surface area (TPSA) is 122 Å². The minimum absolute atomic E-state index is 0.0182. The van der Waals surface area contributed by atoms with E-state index in [9.17, 15) is 18.8 Å². The summed E-state index contributed by atoms with van der Waals surface area (Å²) in [5.74, 6) is -2.02. The van der Waals surface area contributed by atoms with Crippen LogP contribution in [-0.4, -0.2) is 37.6 Å². The zero-order valence-corrected chi connectivity index (χ0v) is 18.0. The van der Waals surface area contributed by atoms with Crippen LogP contribution in [0.4, 0.5) is 4.39 Å². The molecule has 0 saturated heterocycles. The Kier molecular flexibility index (Phi) is 5.93. The van der Waals surface area contributed by atoms with Gasteiger partial charge in [-0.2, -0.15) is 0 Å². The maximum Gasteiger partial charge on any atom is 0.335 e. The van der Waals surface area contributed by atoms with Crippen LogP contribution in [0.1, 0.15) is 17.4 Å². The molecule has 0 aliphatic carbocycles. The van der Waals surface area contributed by atoms with Crippen LogP contribution in [0.2, 0.25) is 5.02 Å². The molecule has 2 N–H and O–H groups in total. The van der Waals surface area contributed by atoms with Crippen molar-refractivity contribution in [2.45, 2.75) is 13.5 Å². The van der Waals surface area contributed by atoms with E-state index >= 15 is 0 Å². The summed E-state index contributed by atoms with van der Waals surface area (Å²) in [6.07, 6.45) is 0. The van der Waals surface area contributed by atoms with Crippen LogP contribution in [-0.2, 0) is 16.1 Å². The summed E-state index contributed by atoms with van der Waals surface area (Å²) in [7, 11) is 0. The van der Waals surface area contributed by atoms with E-state index in [0.29, 0.717) is 10.6 Å². The first-order chi connectivity index (χ1) is 15.8. The number of esters is 1. The van der Waals surface area contributed by atoms with Gasteiger partial charge >= 0.3 is 11.7 Å². The van der Waals surface area contributed by atoms with Gasteiger partial charge < -0.3 is 10.5 Å². The van der Waals surface area contributed by atoms with Gasteiger partial charge in [0.25, 0.3) is 5.91 Å². The molecule has 2 aromatic heterocycles. The van der Waals surface area contributed by atoms with Crippen LogP contribution in [0.25, 0.3) is 28.2 Å². The third-order valence-electron chi connectivity index (χ3n) is 4.78. The molecule has 4 aromatic rings. The Labute approximate surface area is 191 Å². The van der Waals surface area contributed by atoms with E-state index in [1.54, 1.807) is 31.2 Å². The summed E-state index contributed by atoms with van der Waals surface area (Å²) >= 11 is 5.95. The number of primary amides is 1. The molecule has 0 radical (unpaired) electrons. The number of benzene rings is 2. The summed E-state index contributed by atoms with van der Waals surface area (Å²) in [5, 5.41) is 0.485. The third-order valence-corrected chi connectivity index (χ3v) is 5.03. The van der Waals surface area contributed by atoms with Gasteiger partial charge in [0.15, 0.2) is 17.2 Å². The highest BCUT2D eigenvalue weighted by Gasteiger charge is 2.25. The lowest BCUT2D eigenvalue weighted by Crippen LogP contribution is -2.28. The Balaban J connectivity index is 2.07. The van der Waals surface area contributed by atoms with Gasteiger partial charge in [0.05, 0.1) is 12.3 Å². The lowest BCUT2D eigenvalue weighted by Gasteiger charge is -2.08. The molecule has 0 saturated carbocycles. The quantitative estimate of drug-likeness (QED) is 0.433. The maximum atomic E-state index is 13.5. The Morgan fingerprint density at radius 3 is 2.36 bits per heavy atom. The molecule has 0 bridgehead atoms. The summed E-state index contributed by atoms with van der Waals surface area (Å²) in [6.45, 7) is 1.23. The van der Waals surface area contributed by atoms with Gasteiger partial charge in [-0.15, -0.1) is 0 Å². The van der Waals surface area contributed by atoms with Crippen LogP contribution >= 0.6 is 11.6 Å². The van der Waals surface area contributed by atoms with E-state index < -0.39 is 29.9 Å². The molecule has 9 nitrogen and oxygen atoms in total. The van der Waals surface area contributed by atoms with Gasteiger partial charge in [0.2, 0.25) is 0 Å². The van der Waals surface area contributed by atoms with E-state index in [1.807, 2.05) is 0 Å². The molecule has 2 aromatic carbocycles. The predicted octanol–water partition coefficient (Wildman–Crippen LogP) is 2.70. The summed E-state index contributed by atoms with van der Waals surface area (Å²) in [5.41, 5.74) is 5.39. The van der Waals surface area contributed by atoms with Gasteiger partial charge in [-0.05, 0) is 55.5 Å². The number of carbonyl (C=O) groups excluding carboxylic acids is 2. The molecule has 0 fully saturated rings. The Bertz CT molecular complexity index is 1430. The van der Waals surface area contributed by atoms with Crippen molar-refractivity contribution in [3.8, 4) is 17.1 Å². The van der Waals surface area contributed by atoms with E-state index in [2.05, 4.69) is 9.97 Å². The fourth-order valence-electron chi connectivity index (χ4n) is 3.36. The van der Waals surface area contributed by atoms with Crippen molar-refractivity contribution in [2.24, 2.45) is 5.73 Å². The first kappa shape index (κ1) is 22.2. The Morgan fingerprint density at radius 2 is 1.76 bits per heavy atom. The smallest absolute Gasteiger partial charge is 0.335 e. The second-order valence-corrected chi connectivity index (χ2v) is 7.36. The van der Waals surface area contributed by atoms with E-state index in [0.717, 1.165) is 9.13 Å². The van der Waals surface area contributed by atoms with Crippen LogP contribution in [0.15, 0.2) is 53.3 Å². The number of amides is 1. The highest BCUT2D eigenvalue weighted by Crippen LogP contribution is 2.25. The van der Waals surface area contributed by atoms with Crippen LogP contribution in [0, 0.1) is 5.82 Å². The third kappa shape index (κ3) is 4.20. The maximum absolute atomic E-state index is 13.5. The molecule has 0 atom stereocenters. The lowest BCUT2D eigenvalue weighted by molar-refractivity contribution is -0.143. The number of hydrogen-bond donors (Lipinski definition) is 1. The fraction of sp³-hybridized carbons (Fsp3) is 0.136. The van der Waals surface area contributed by atoms with Crippen molar-refractivity contribution < 1.29 is 18.7 Å². The highest BCUT2D eigenvalue weighted by atomic mass is 35.5. The fourth-order valence-corrected chi connectivity index (χ4v) is 3.49. The van der Waals surface area contributed by atoms with Crippen LogP contribution in [0.3, 0.4) is 0 Å². The van der Waals surface area contributed by atoms with Crippen molar-refractivity contribution in [3.63, 3.8) is 0 Å².